The first-order valence-corrected chi connectivity index (χ1v) is 11.7. The first-order valence-electron chi connectivity index (χ1n) is 11.7. The Bertz CT molecular complexity index is 884. The molecule has 0 amide bonds. The fourth-order valence-electron chi connectivity index (χ4n) is 6.77. The SMILES string of the molecule is C[C@]12CCC3C(=CCC4=C3CC[C@H](OC3O[C@H](C(=O)[O-])[C@@H](O)[C@H](O)[C@H]3O)C4)C1CCC2=O.[Na+]. The van der Waals surface area contributed by atoms with Crippen LogP contribution in [0.5, 0.6) is 0 Å². The summed E-state index contributed by atoms with van der Waals surface area (Å²) in [6.45, 7) is 2.14. The maximum atomic E-state index is 12.5. The molecule has 4 aliphatic carbocycles. The van der Waals surface area contributed by atoms with Gasteiger partial charge in [-0.05, 0) is 50.9 Å². The number of carbonyl (C=O) groups excluding carboxylic acids is 2. The monoisotopic (exact) mass is 470 g/mol. The minimum Gasteiger partial charge on any atom is -0.547 e. The van der Waals surface area contributed by atoms with Crippen LogP contribution >= 0.6 is 0 Å². The summed E-state index contributed by atoms with van der Waals surface area (Å²) in [5.41, 5.74) is 4.01. The standard InChI is InChI=1S/C24H32O8.Na/c1-24-9-8-14-13-5-3-12(10-11(13)2-4-15(14)16(24)6-7-17(24)25)31-23-20(28)18(26)19(27)21(32-23)22(29)30;/h4,12,14,16,18-21,23,26-28H,2-3,5-10H2,1H3,(H,29,30);/q;+1/p-1/t12-,14?,16?,18-,19-,20+,21-,23?,24-;/m0./s1. The van der Waals surface area contributed by atoms with Crippen molar-refractivity contribution in [3.05, 3.63) is 22.8 Å². The summed E-state index contributed by atoms with van der Waals surface area (Å²) in [6.07, 6.45) is 0.474. The predicted molar refractivity (Wildman–Crippen MR) is 109 cm³/mol. The largest absolute Gasteiger partial charge is 1.00 e. The van der Waals surface area contributed by atoms with Crippen molar-refractivity contribution >= 4 is 11.8 Å². The molecule has 1 heterocycles. The van der Waals surface area contributed by atoms with Gasteiger partial charge in [0.25, 0.3) is 0 Å². The smallest absolute Gasteiger partial charge is 0.547 e. The molecule has 2 saturated carbocycles. The number of aliphatic hydroxyl groups excluding tert-OH is 3. The summed E-state index contributed by atoms with van der Waals surface area (Å²) in [5.74, 6) is -0.492. The molecule has 176 valence electrons. The van der Waals surface area contributed by atoms with E-state index < -0.39 is 36.7 Å². The van der Waals surface area contributed by atoms with Crippen LogP contribution in [0.25, 0.3) is 0 Å². The summed E-state index contributed by atoms with van der Waals surface area (Å²) in [5, 5.41) is 41.3. The molecule has 9 heteroatoms. The third kappa shape index (κ3) is 4.20. The minimum atomic E-state index is -1.78. The molecule has 0 spiro atoms. The number of ketones is 1. The number of carboxylic acid groups (broad SMARTS) is 1. The van der Waals surface area contributed by atoms with E-state index in [4.69, 9.17) is 9.47 Å². The Labute approximate surface area is 215 Å². The molecular weight excluding hydrogens is 439 g/mol. The van der Waals surface area contributed by atoms with Crippen molar-refractivity contribution in [3.8, 4) is 0 Å². The van der Waals surface area contributed by atoms with Gasteiger partial charge in [-0.25, -0.2) is 0 Å². The predicted octanol–water partition coefficient (Wildman–Crippen LogP) is -2.86. The molecule has 33 heavy (non-hydrogen) atoms. The van der Waals surface area contributed by atoms with Gasteiger partial charge < -0.3 is 34.7 Å². The van der Waals surface area contributed by atoms with Crippen LogP contribution in [0.4, 0.5) is 0 Å². The quantitative estimate of drug-likeness (QED) is 0.296. The van der Waals surface area contributed by atoms with Gasteiger partial charge in [0, 0.05) is 17.8 Å². The number of aliphatic carboxylic acids is 1. The van der Waals surface area contributed by atoms with Crippen molar-refractivity contribution in [1.82, 2.24) is 0 Å². The van der Waals surface area contributed by atoms with Crippen molar-refractivity contribution in [2.24, 2.45) is 17.3 Å². The molecular formula is C24H31NaO8. The zero-order valence-electron chi connectivity index (χ0n) is 19.2. The van der Waals surface area contributed by atoms with Gasteiger partial charge in [0.2, 0.25) is 0 Å². The molecule has 0 radical (unpaired) electrons. The normalized spacial score (nSPS) is 44.8. The third-order valence-electron chi connectivity index (χ3n) is 8.62. The van der Waals surface area contributed by atoms with E-state index in [1.807, 2.05) is 0 Å². The molecule has 3 unspecified atom stereocenters. The first kappa shape index (κ1) is 25.5. The van der Waals surface area contributed by atoms with Crippen molar-refractivity contribution in [1.29, 1.82) is 0 Å². The van der Waals surface area contributed by atoms with E-state index in [1.165, 1.54) is 16.7 Å². The second kappa shape index (κ2) is 9.47. The zero-order chi connectivity index (χ0) is 22.8. The van der Waals surface area contributed by atoms with Gasteiger partial charge in [-0.2, -0.15) is 0 Å². The number of hydrogen-bond acceptors (Lipinski definition) is 8. The van der Waals surface area contributed by atoms with E-state index in [9.17, 15) is 30.0 Å². The van der Waals surface area contributed by atoms with Crippen molar-refractivity contribution < 1.29 is 69.0 Å². The van der Waals surface area contributed by atoms with E-state index in [-0.39, 0.29) is 41.1 Å². The molecule has 0 aromatic heterocycles. The number of allylic oxidation sites excluding steroid dienone is 3. The Morgan fingerprint density at radius 1 is 1.15 bits per heavy atom. The summed E-state index contributed by atoms with van der Waals surface area (Å²) in [7, 11) is 0. The average molecular weight is 470 g/mol. The topological polar surface area (TPSA) is 136 Å². The van der Waals surface area contributed by atoms with Crippen LogP contribution in [-0.4, -0.2) is 63.9 Å². The van der Waals surface area contributed by atoms with Gasteiger partial charge in [-0.3, -0.25) is 4.79 Å². The van der Waals surface area contributed by atoms with Crippen LogP contribution in [0.3, 0.4) is 0 Å². The van der Waals surface area contributed by atoms with Crippen molar-refractivity contribution in [2.45, 2.75) is 95.1 Å². The van der Waals surface area contributed by atoms with Crippen LogP contribution in [0.2, 0.25) is 0 Å². The number of rotatable bonds is 3. The second-order valence-corrected chi connectivity index (χ2v) is 10.3. The first-order chi connectivity index (χ1) is 15.2. The van der Waals surface area contributed by atoms with Crippen LogP contribution in [0.15, 0.2) is 22.8 Å². The van der Waals surface area contributed by atoms with Crippen LogP contribution in [-0.2, 0) is 19.1 Å². The summed E-state index contributed by atoms with van der Waals surface area (Å²) in [4.78, 5) is 23.7. The number of carboxylic acids is 1. The summed E-state index contributed by atoms with van der Waals surface area (Å²) >= 11 is 0. The molecule has 5 rings (SSSR count). The molecule has 8 nitrogen and oxygen atoms in total. The number of aliphatic hydroxyl groups is 3. The molecule has 5 aliphatic rings. The van der Waals surface area contributed by atoms with Gasteiger partial charge in [-0.15, -0.1) is 0 Å². The number of fused-ring (bicyclic) bond motifs is 4. The second-order valence-electron chi connectivity index (χ2n) is 10.3. The van der Waals surface area contributed by atoms with Crippen LogP contribution < -0.4 is 34.7 Å². The molecule has 0 aromatic rings. The Balaban J connectivity index is 0.00000259. The van der Waals surface area contributed by atoms with Crippen molar-refractivity contribution in [3.63, 3.8) is 0 Å². The van der Waals surface area contributed by atoms with E-state index >= 15 is 0 Å². The Morgan fingerprint density at radius 3 is 2.64 bits per heavy atom. The maximum absolute atomic E-state index is 12.5. The third-order valence-corrected chi connectivity index (χ3v) is 8.62. The fraction of sp³-hybridized carbons (Fsp3) is 0.750. The zero-order valence-corrected chi connectivity index (χ0v) is 21.2. The van der Waals surface area contributed by atoms with Gasteiger partial charge in [-0.1, -0.05) is 29.7 Å². The summed E-state index contributed by atoms with van der Waals surface area (Å²) in [6, 6.07) is 0. The molecule has 1 saturated heterocycles. The number of hydrogen-bond donors (Lipinski definition) is 3. The molecule has 0 bridgehead atoms. The van der Waals surface area contributed by atoms with E-state index in [1.54, 1.807) is 0 Å². The Hall–Kier alpha value is -0.580. The van der Waals surface area contributed by atoms with Gasteiger partial charge in [0.05, 0.1) is 12.1 Å². The number of Topliss-reactive ketones (excluding diaryl/α,β-unsaturated/α-hetero) is 1. The van der Waals surface area contributed by atoms with Gasteiger partial charge in [0.15, 0.2) is 6.29 Å². The van der Waals surface area contributed by atoms with Crippen LogP contribution in [0.1, 0.15) is 58.3 Å². The van der Waals surface area contributed by atoms with Gasteiger partial charge in [0.1, 0.15) is 30.2 Å². The van der Waals surface area contributed by atoms with E-state index in [0.717, 1.165) is 32.1 Å². The fourth-order valence-corrected chi connectivity index (χ4v) is 6.77. The molecule has 3 N–H and O–H groups in total. The van der Waals surface area contributed by atoms with Crippen molar-refractivity contribution in [2.75, 3.05) is 0 Å². The Kier molecular flexibility index (Phi) is 7.32. The molecule has 3 fully saturated rings. The van der Waals surface area contributed by atoms with E-state index in [0.29, 0.717) is 36.9 Å². The average Bonchev–Trinajstić information content (AvgIpc) is 3.08. The summed E-state index contributed by atoms with van der Waals surface area (Å²) < 4.78 is 11.1. The molecule has 9 atom stereocenters. The van der Waals surface area contributed by atoms with Crippen LogP contribution in [0, 0.1) is 17.3 Å². The van der Waals surface area contributed by atoms with Gasteiger partial charge >= 0.3 is 29.6 Å². The minimum absolute atomic E-state index is 0. The van der Waals surface area contributed by atoms with E-state index in [2.05, 4.69) is 13.0 Å². The number of ether oxygens (including phenoxy) is 2. The molecule has 1 aliphatic heterocycles. The molecule has 0 aromatic carbocycles. The maximum Gasteiger partial charge on any atom is 1.00 e. The Morgan fingerprint density at radius 2 is 1.91 bits per heavy atom. The number of carbonyl (C=O) groups is 2.